The van der Waals surface area contributed by atoms with Crippen molar-refractivity contribution < 1.29 is 29.4 Å². The summed E-state index contributed by atoms with van der Waals surface area (Å²) in [6, 6.07) is -4.41. The summed E-state index contributed by atoms with van der Waals surface area (Å²) in [5, 5.41) is 24.9. The fourth-order valence-electron chi connectivity index (χ4n) is 1.69. The minimum atomic E-state index is -1.30. The maximum atomic E-state index is 12.2. The van der Waals surface area contributed by atoms with Crippen molar-refractivity contribution in [1.29, 1.82) is 0 Å². The second-order valence-corrected chi connectivity index (χ2v) is 6.79. The summed E-state index contributed by atoms with van der Waals surface area (Å²) in [6.07, 6.45) is 2.27. The van der Waals surface area contributed by atoms with Crippen LogP contribution in [-0.2, 0) is 19.2 Å². The number of hydrogen-bond donors (Lipinski definition) is 7. The van der Waals surface area contributed by atoms with Gasteiger partial charge in [0.25, 0.3) is 0 Å². The van der Waals surface area contributed by atoms with Crippen molar-refractivity contribution in [3.05, 3.63) is 0 Å². The molecule has 0 radical (unpaired) electrons. The first-order chi connectivity index (χ1) is 12.2. The molecule has 3 amide bonds. The highest BCUT2D eigenvalue weighted by molar-refractivity contribution is 7.98. The Balaban J connectivity index is 4.77. The number of rotatable bonds is 12. The predicted octanol–water partition coefficient (Wildman–Crippen LogP) is -2.45. The zero-order valence-electron chi connectivity index (χ0n) is 14.6. The molecule has 7 N–H and O–H groups in total. The molecule has 0 aromatic carbocycles. The Labute approximate surface area is 161 Å². The van der Waals surface area contributed by atoms with Crippen molar-refractivity contribution in [3.8, 4) is 0 Å². The zero-order chi connectivity index (χ0) is 20.3. The van der Waals surface area contributed by atoms with Gasteiger partial charge in [-0.15, -0.1) is 0 Å². The first-order valence-corrected chi connectivity index (χ1v) is 9.80. The van der Waals surface area contributed by atoms with Gasteiger partial charge >= 0.3 is 5.97 Å². The van der Waals surface area contributed by atoms with Crippen LogP contribution in [0.3, 0.4) is 0 Å². The lowest BCUT2D eigenvalue weighted by atomic mass is 10.2. The summed E-state index contributed by atoms with van der Waals surface area (Å²) in [5.41, 5.74) is 5.69. The molecule has 0 aliphatic heterocycles. The smallest absolute Gasteiger partial charge is 0.325 e. The Morgan fingerprint density at radius 1 is 1.08 bits per heavy atom. The number of aliphatic hydroxyl groups is 1. The van der Waals surface area contributed by atoms with Crippen LogP contribution < -0.4 is 21.7 Å². The van der Waals surface area contributed by atoms with Gasteiger partial charge in [0.15, 0.2) is 0 Å². The highest BCUT2D eigenvalue weighted by atomic mass is 32.2. The molecule has 12 heteroatoms. The maximum absolute atomic E-state index is 12.2. The number of thiol groups is 1. The number of carboxylic acids is 1. The number of carbonyl (C=O) groups is 4. The number of carbonyl (C=O) groups excluding carboxylic acids is 3. The maximum Gasteiger partial charge on any atom is 0.325 e. The van der Waals surface area contributed by atoms with E-state index in [1.165, 1.54) is 18.7 Å². The molecule has 26 heavy (non-hydrogen) atoms. The van der Waals surface area contributed by atoms with Crippen molar-refractivity contribution in [3.63, 3.8) is 0 Å². The lowest BCUT2D eigenvalue weighted by Gasteiger charge is -2.22. The Hall–Kier alpha value is -1.50. The van der Waals surface area contributed by atoms with E-state index in [0.29, 0.717) is 12.2 Å². The zero-order valence-corrected chi connectivity index (χ0v) is 16.3. The van der Waals surface area contributed by atoms with Crippen LogP contribution in [0.1, 0.15) is 13.3 Å². The minimum Gasteiger partial charge on any atom is -0.480 e. The van der Waals surface area contributed by atoms with Crippen LogP contribution in [0.2, 0.25) is 0 Å². The van der Waals surface area contributed by atoms with E-state index in [2.05, 4.69) is 28.6 Å². The van der Waals surface area contributed by atoms with Crippen LogP contribution in [0.25, 0.3) is 0 Å². The molecule has 0 aromatic heterocycles. The first-order valence-electron chi connectivity index (χ1n) is 7.78. The van der Waals surface area contributed by atoms with Gasteiger partial charge in [-0.3, -0.25) is 19.2 Å². The van der Waals surface area contributed by atoms with E-state index in [1.807, 2.05) is 6.26 Å². The van der Waals surface area contributed by atoms with E-state index in [1.54, 1.807) is 0 Å². The molecule has 0 bridgehead atoms. The van der Waals surface area contributed by atoms with Crippen molar-refractivity contribution >= 4 is 48.1 Å². The second-order valence-electron chi connectivity index (χ2n) is 5.44. The van der Waals surface area contributed by atoms with Crippen LogP contribution in [0.5, 0.6) is 0 Å². The number of thioether (sulfide) groups is 1. The molecular formula is C14H26N4O6S2. The van der Waals surface area contributed by atoms with Crippen LogP contribution >= 0.6 is 24.4 Å². The molecule has 0 rings (SSSR count). The van der Waals surface area contributed by atoms with Crippen molar-refractivity contribution in [2.45, 2.75) is 37.5 Å². The third-order valence-corrected chi connectivity index (χ3v) is 4.34. The van der Waals surface area contributed by atoms with Gasteiger partial charge in [-0.05, 0) is 25.4 Å². The molecule has 4 unspecified atom stereocenters. The molecule has 0 aromatic rings. The average Bonchev–Trinajstić information content (AvgIpc) is 2.60. The summed E-state index contributed by atoms with van der Waals surface area (Å²) >= 11 is 5.46. The highest BCUT2D eigenvalue weighted by Crippen LogP contribution is 2.00. The number of aliphatic hydroxyl groups excluding tert-OH is 1. The Kier molecular flexibility index (Phi) is 12.1. The quantitative estimate of drug-likeness (QED) is 0.174. The Morgan fingerprint density at radius 2 is 1.62 bits per heavy atom. The lowest BCUT2D eigenvalue weighted by Crippen LogP contribution is -2.58. The van der Waals surface area contributed by atoms with Gasteiger partial charge in [0.05, 0.1) is 12.6 Å². The van der Waals surface area contributed by atoms with Gasteiger partial charge in [-0.2, -0.15) is 24.4 Å². The van der Waals surface area contributed by atoms with Gasteiger partial charge < -0.3 is 31.9 Å². The van der Waals surface area contributed by atoms with E-state index >= 15 is 0 Å². The molecule has 10 nitrogen and oxygen atoms in total. The lowest BCUT2D eigenvalue weighted by molar-refractivity contribution is -0.141. The number of aliphatic carboxylic acids is 1. The van der Waals surface area contributed by atoms with Crippen molar-refractivity contribution in [2.24, 2.45) is 5.73 Å². The normalized spacial score (nSPS) is 15.3. The van der Waals surface area contributed by atoms with Gasteiger partial charge in [-0.25, -0.2) is 0 Å². The fraction of sp³-hybridized carbons (Fsp3) is 0.714. The second kappa shape index (κ2) is 12.8. The van der Waals surface area contributed by atoms with Crippen LogP contribution in [-0.4, -0.2) is 82.4 Å². The van der Waals surface area contributed by atoms with Crippen LogP contribution in [0, 0.1) is 0 Å². The molecule has 4 atom stereocenters. The van der Waals surface area contributed by atoms with E-state index in [4.69, 9.17) is 10.8 Å². The summed E-state index contributed by atoms with van der Waals surface area (Å²) in [5.74, 6) is -2.84. The molecule has 0 saturated carbocycles. The van der Waals surface area contributed by atoms with Gasteiger partial charge in [-0.1, -0.05) is 0 Å². The molecule has 150 valence electrons. The van der Waals surface area contributed by atoms with Gasteiger partial charge in [0, 0.05) is 5.75 Å². The highest BCUT2D eigenvalue weighted by Gasteiger charge is 2.28. The monoisotopic (exact) mass is 410 g/mol. The third-order valence-electron chi connectivity index (χ3n) is 3.33. The summed E-state index contributed by atoms with van der Waals surface area (Å²) in [7, 11) is 0. The standard InChI is InChI=1S/C14H26N4O6S2/c1-7(14(23)24)16-13(22)10(6-25)18-12(21)9(5-19)17-11(20)8(15)3-4-26-2/h7-10,19,25H,3-6,15H2,1-2H3,(H,16,22)(H,17,20)(H,18,21)(H,23,24). The molecular weight excluding hydrogens is 384 g/mol. The molecule has 0 saturated heterocycles. The van der Waals surface area contributed by atoms with Gasteiger partial charge in [0.2, 0.25) is 17.7 Å². The fourth-order valence-corrected chi connectivity index (χ4v) is 2.44. The number of amides is 3. The number of nitrogens with two attached hydrogens (primary N) is 1. The summed E-state index contributed by atoms with van der Waals surface area (Å²) < 4.78 is 0. The third kappa shape index (κ3) is 8.74. The number of nitrogens with one attached hydrogen (secondary N) is 3. The molecule has 0 fully saturated rings. The van der Waals surface area contributed by atoms with E-state index < -0.39 is 54.5 Å². The largest absolute Gasteiger partial charge is 0.480 e. The molecule has 0 spiro atoms. The Bertz CT molecular complexity index is 508. The van der Waals surface area contributed by atoms with E-state index in [9.17, 15) is 24.3 Å². The average molecular weight is 411 g/mol. The SMILES string of the molecule is CSCCC(N)C(=O)NC(CO)C(=O)NC(CS)C(=O)NC(C)C(=O)O. The summed E-state index contributed by atoms with van der Waals surface area (Å²) in [6.45, 7) is 0.573. The van der Waals surface area contributed by atoms with Crippen LogP contribution in [0.15, 0.2) is 0 Å². The van der Waals surface area contributed by atoms with Gasteiger partial charge in [0.1, 0.15) is 18.1 Å². The molecule has 0 heterocycles. The van der Waals surface area contributed by atoms with E-state index in [0.717, 1.165) is 0 Å². The first kappa shape index (κ1) is 24.5. The number of carboxylic acid groups (broad SMARTS) is 1. The topological polar surface area (TPSA) is 171 Å². The number of hydrogen-bond acceptors (Lipinski definition) is 8. The van der Waals surface area contributed by atoms with Crippen molar-refractivity contribution in [2.75, 3.05) is 24.4 Å². The van der Waals surface area contributed by atoms with E-state index in [-0.39, 0.29) is 5.75 Å². The minimum absolute atomic E-state index is 0.108. The Morgan fingerprint density at radius 3 is 2.08 bits per heavy atom. The summed E-state index contributed by atoms with van der Waals surface area (Å²) in [4.78, 5) is 46.9. The predicted molar refractivity (Wildman–Crippen MR) is 101 cm³/mol. The van der Waals surface area contributed by atoms with Crippen LogP contribution in [0.4, 0.5) is 0 Å². The molecule has 0 aliphatic carbocycles. The molecule has 0 aliphatic rings. The van der Waals surface area contributed by atoms with Crippen molar-refractivity contribution in [1.82, 2.24) is 16.0 Å².